The van der Waals surface area contributed by atoms with E-state index in [0.717, 1.165) is 25.1 Å². The van der Waals surface area contributed by atoms with E-state index in [2.05, 4.69) is 35.7 Å². The highest BCUT2D eigenvalue weighted by molar-refractivity contribution is 5.37. The molecule has 20 heavy (non-hydrogen) atoms. The monoisotopic (exact) mass is 278 g/mol. The summed E-state index contributed by atoms with van der Waals surface area (Å²) in [5, 5.41) is 8.67. The predicted octanol–water partition coefficient (Wildman–Crippen LogP) is 1.55. The summed E-state index contributed by atoms with van der Waals surface area (Å²) >= 11 is 0. The van der Waals surface area contributed by atoms with Crippen LogP contribution in [0.5, 0.6) is 0 Å². The normalized spacial score (nSPS) is 10.8. The van der Waals surface area contributed by atoms with Crippen LogP contribution in [0.25, 0.3) is 0 Å². The first kappa shape index (κ1) is 16.6. The quantitative estimate of drug-likeness (QED) is 0.800. The van der Waals surface area contributed by atoms with Gasteiger partial charge in [0.1, 0.15) is 12.4 Å². The molecule has 1 aromatic rings. The van der Waals surface area contributed by atoms with Gasteiger partial charge in [0.15, 0.2) is 0 Å². The van der Waals surface area contributed by atoms with Gasteiger partial charge in [-0.15, -0.1) is 0 Å². The van der Waals surface area contributed by atoms with Crippen LogP contribution in [0.3, 0.4) is 0 Å². The molecule has 0 heterocycles. The molecule has 0 fully saturated rings. The second kappa shape index (κ2) is 8.70. The minimum absolute atomic E-state index is 0.212. The van der Waals surface area contributed by atoms with Gasteiger partial charge in [0.05, 0.1) is 0 Å². The van der Waals surface area contributed by atoms with Crippen molar-refractivity contribution in [2.75, 3.05) is 40.8 Å². The number of benzene rings is 1. The fraction of sp³-hybridized carbons (Fsp3) is 0.500. The van der Waals surface area contributed by atoms with Crippen molar-refractivity contribution < 1.29 is 9.50 Å². The van der Waals surface area contributed by atoms with Gasteiger partial charge < -0.3 is 14.9 Å². The molecule has 0 unspecified atom stereocenters. The Morgan fingerprint density at radius 2 is 1.90 bits per heavy atom. The number of hydrogen-bond donors (Lipinski definition) is 1. The molecule has 0 bridgehead atoms. The van der Waals surface area contributed by atoms with Crippen molar-refractivity contribution in [1.82, 2.24) is 9.80 Å². The molecule has 0 aromatic heterocycles. The van der Waals surface area contributed by atoms with Crippen molar-refractivity contribution in [3.05, 3.63) is 35.1 Å². The zero-order valence-corrected chi connectivity index (χ0v) is 12.5. The number of halogens is 1. The topological polar surface area (TPSA) is 26.7 Å². The molecule has 0 aliphatic rings. The van der Waals surface area contributed by atoms with E-state index in [-0.39, 0.29) is 12.4 Å². The summed E-state index contributed by atoms with van der Waals surface area (Å²) in [6, 6.07) is 4.79. The summed E-state index contributed by atoms with van der Waals surface area (Å²) in [7, 11) is 6.14. The Bertz CT molecular complexity index is 477. The summed E-state index contributed by atoms with van der Waals surface area (Å²) in [5.41, 5.74) is 1.51. The maximum atomic E-state index is 13.5. The first-order chi connectivity index (χ1) is 9.51. The van der Waals surface area contributed by atoms with Gasteiger partial charge in [-0.05, 0) is 64.4 Å². The highest BCUT2D eigenvalue weighted by atomic mass is 19.1. The van der Waals surface area contributed by atoms with Crippen molar-refractivity contribution in [2.45, 2.75) is 13.0 Å². The highest BCUT2D eigenvalue weighted by Gasteiger charge is 2.04. The third-order valence-corrected chi connectivity index (χ3v) is 2.87. The van der Waals surface area contributed by atoms with Crippen LogP contribution in [-0.4, -0.2) is 55.7 Å². The molecule has 0 amide bonds. The Balaban J connectivity index is 2.60. The molecule has 3 nitrogen and oxygen atoms in total. The third-order valence-electron chi connectivity index (χ3n) is 2.87. The molecule has 0 atom stereocenters. The van der Waals surface area contributed by atoms with Gasteiger partial charge in [-0.1, -0.05) is 11.8 Å². The molecule has 110 valence electrons. The lowest BCUT2D eigenvalue weighted by Crippen LogP contribution is -2.23. The van der Waals surface area contributed by atoms with Crippen LogP contribution in [0.4, 0.5) is 4.39 Å². The Labute approximate surface area is 121 Å². The van der Waals surface area contributed by atoms with E-state index in [0.29, 0.717) is 12.1 Å². The number of aliphatic hydroxyl groups excluding tert-OH is 1. The van der Waals surface area contributed by atoms with Crippen molar-refractivity contribution in [3.63, 3.8) is 0 Å². The Morgan fingerprint density at radius 3 is 2.55 bits per heavy atom. The lowest BCUT2D eigenvalue weighted by Gasteiger charge is -2.18. The SMILES string of the molecule is CN(C)CCCN(C)Cc1cc(F)cc(C#CCO)c1. The fourth-order valence-corrected chi connectivity index (χ4v) is 2.00. The molecule has 4 heteroatoms. The molecular weight excluding hydrogens is 255 g/mol. The molecule has 0 spiro atoms. The largest absolute Gasteiger partial charge is 0.384 e. The molecular formula is C16H23FN2O. The number of rotatable bonds is 6. The molecule has 1 aromatic carbocycles. The van der Waals surface area contributed by atoms with Crippen LogP contribution in [0.1, 0.15) is 17.5 Å². The second-order valence-electron chi connectivity index (χ2n) is 5.20. The Kier molecular flexibility index (Phi) is 7.24. The number of aliphatic hydroxyl groups is 1. The number of nitrogens with zero attached hydrogens (tertiary/aromatic N) is 2. The van der Waals surface area contributed by atoms with E-state index in [4.69, 9.17) is 5.11 Å². The molecule has 0 radical (unpaired) electrons. The summed E-state index contributed by atoms with van der Waals surface area (Å²) in [6.07, 6.45) is 1.08. The summed E-state index contributed by atoms with van der Waals surface area (Å²) < 4.78 is 13.5. The molecule has 0 saturated heterocycles. The fourth-order valence-electron chi connectivity index (χ4n) is 2.00. The van der Waals surface area contributed by atoms with Gasteiger partial charge in [0, 0.05) is 12.1 Å². The predicted molar refractivity (Wildman–Crippen MR) is 79.9 cm³/mol. The van der Waals surface area contributed by atoms with Gasteiger partial charge in [-0.25, -0.2) is 4.39 Å². The lowest BCUT2D eigenvalue weighted by atomic mass is 10.1. The minimum atomic E-state index is -0.286. The van der Waals surface area contributed by atoms with E-state index in [1.165, 1.54) is 12.1 Å². The Hall–Kier alpha value is -1.41. The van der Waals surface area contributed by atoms with Crippen LogP contribution in [-0.2, 0) is 6.54 Å². The van der Waals surface area contributed by atoms with Crippen molar-refractivity contribution >= 4 is 0 Å². The maximum absolute atomic E-state index is 13.5. The summed E-state index contributed by atoms with van der Waals surface area (Å²) in [4.78, 5) is 4.32. The van der Waals surface area contributed by atoms with Gasteiger partial charge in [0.25, 0.3) is 0 Å². The van der Waals surface area contributed by atoms with Crippen LogP contribution >= 0.6 is 0 Å². The highest BCUT2D eigenvalue weighted by Crippen LogP contribution is 2.10. The molecule has 0 aliphatic heterocycles. The van der Waals surface area contributed by atoms with E-state index in [1.54, 1.807) is 0 Å². The average molecular weight is 278 g/mol. The maximum Gasteiger partial charge on any atom is 0.124 e. The molecule has 0 aliphatic carbocycles. The van der Waals surface area contributed by atoms with Crippen LogP contribution in [0.2, 0.25) is 0 Å². The summed E-state index contributed by atoms with van der Waals surface area (Å²) in [6.45, 7) is 2.49. The van der Waals surface area contributed by atoms with Crippen molar-refractivity contribution in [2.24, 2.45) is 0 Å². The van der Waals surface area contributed by atoms with E-state index >= 15 is 0 Å². The van der Waals surface area contributed by atoms with E-state index in [1.807, 2.05) is 13.1 Å². The van der Waals surface area contributed by atoms with Crippen LogP contribution < -0.4 is 0 Å². The van der Waals surface area contributed by atoms with Gasteiger partial charge >= 0.3 is 0 Å². The molecule has 1 rings (SSSR count). The smallest absolute Gasteiger partial charge is 0.124 e. The standard InChI is InChI=1S/C16H23FN2O/c1-18(2)7-5-8-19(3)13-15-10-14(6-4-9-20)11-16(17)12-15/h10-12,20H,5,7-9,13H2,1-3H3. The molecule has 0 saturated carbocycles. The first-order valence-electron chi connectivity index (χ1n) is 6.73. The zero-order valence-electron chi connectivity index (χ0n) is 12.5. The lowest BCUT2D eigenvalue weighted by molar-refractivity contribution is 0.294. The molecule has 1 N–H and O–H groups in total. The number of hydrogen-bond acceptors (Lipinski definition) is 3. The average Bonchev–Trinajstić information content (AvgIpc) is 2.35. The zero-order chi connectivity index (χ0) is 15.0. The van der Waals surface area contributed by atoms with Crippen molar-refractivity contribution in [1.29, 1.82) is 0 Å². The van der Waals surface area contributed by atoms with Gasteiger partial charge in [-0.3, -0.25) is 0 Å². The Morgan fingerprint density at radius 1 is 1.15 bits per heavy atom. The second-order valence-corrected chi connectivity index (χ2v) is 5.20. The minimum Gasteiger partial charge on any atom is -0.384 e. The third kappa shape index (κ3) is 6.67. The van der Waals surface area contributed by atoms with E-state index in [9.17, 15) is 4.39 Å². The van der Waals surface area contributed by atoms with E-state index < -0.39 is 0 Å². The first-order valence-corrected chi connectivity index (χ1v) is 6.73. The van der Waals surface area contributed by atoms with Gasteiger partial charge in [-0.2, -0.15) is 0 Å². The van der Waals surface area contributed by atoms with Gasteiger partial charge in [0.2, 0.25) is 0 Å². The van der Waals surface area contributed by atoms with Crippen LogP contribution in [0.15, 0.2) is 18.2 Å². The van der Waals surface area contributed by atoms with Crippen molar-refractivity contribution in [3.8, 4) is 11.8 Å². The van der Waals surface area contributed by atoms with Crippen LogP contribution in [0, 0.1) is 17.7 Å². The summed E-state index contributed by atoms with van der Waals surface area (Å²) in [5.74, 6) is 4.99.